The molecule has 0 radical (unpaired) electrons. The van der Waals surface area contributed by atoms with Crippen molar-refractivity contribution in [3.63, 3.8) is 0 Å². The number of hydrogen-bond acceptors (Lipinski definition) is 3. The van der Waals surface area contributed by atoms with Crippen LogP contribution in [-0.4, -0.2) is 21.0 Å². The number of aryl methyl sites for hydroxylation is 1. The molecule has 4 heteroatoms. The lowest BCUT2D eigenvalue weighted by Gasteiger charge is -2.34. The van der Waals surface area contributed by atoms with E-state index in [0.29, 0.717) is 6.54 Å². The fourth-order valence-corrected chi connectivity index (χ4v) is 5.21. The third kappa shape index (κ3) is 4.62. The Balaban J connectivity index is 1.60. The minimum absolute atomic E-state index is 0.0576. The van der Waals surface area contributed by atoms with E-state index in [1.165, 1.54) is 5.56 Å². The zero-order valence-electron chi connectivity index (χ0n) is 20.3. The molecule has 4 aromatic rings. The number of allylic oxidation sites excluding steroid dienone is 1. The lowest BCUT2D eigenvalue weighted by molar-refractivity contribution is 0.207. The first-order valence-electron chi connectivity index (χ1n) is 12.3. The zero-order chi connectivity index (χ0) is 24.2. The SMILES string of the molecule is C/C=C/C(c1ccccc1)N1CCc2nc(C)n(C(c3ccccc3)c3ccccc3)c(=O)c2C1. The molecule has 0 saturated carbocycles. The van der Waals surface area contributed by atoms with Crippen LogP contribution in [0.5, 0.6) is 0 Å². The van der Waals surface area contributed by atoms with E-state index >= 15 is 0 Å². The lowest BCUT2D eigenvalue weighted by Crippen LogP contribution is -2.41. The van der Waals surface area contributed by atoms with E-state index in [1.54, 1.807) is 0 Å². The highest BCUT2D eigenvalue weighted by Gasteiger charge is 2.29. The Labute approximate surface area is 207 Å². The molecule has 1 unspecified atom stereocenters. The molecule has 2 heterocycles. The Bertz CT molecular complexity index is 1320. The Kier molecular flexibility index (Phi) is 6.73. The molecular weight excluding hydrogens is 430 g/mol. The van der Waals surface area contributed by atoms with Crippen molar-refractivity contribution in [2.75, 3.05) is 6.54 Å². The summed E-state index contributed by atoms with van der Waals surface area (Å²) in [5.41, 5.74) is 5.20. The van der Waals surface area contributed by atoms with Crippen molar-refractivity contribution >= 4 is 0 Å². The van der Waals surface area contributed by atoms with Crippen LogP contribution < -0.4 is 5.56 Å². The first kappa shape index (κ1) is 23.0. The van der Waals surface area contributed by atoms with Crippen molar-refractivity contribution in [3.05, 3.63) is 147 Å². The van der Waals surface area contributed by atoms with Gasteiger partial charge >= 0.3 is 0 Å². The normalized spacial score (nSPS) is 14.8. The fourth-order valence-electron chi connectivity index (χ4n) is 5.21. The van der Waals surface area contributed by atoms with Gasteiger partial charge in [-0.3, -0.25) is 14.3 Å². The number of fused-ring (bicyclic) bond motifs is 1. The molecule has 35 heavy (non-hydrogen) atoms. The third-order valence-electron chi connectivity index (χ3n) is 6.87. The Hall–Kier alpha value is -3.76. The molecule has 1 aromatic heterocycles. The van der Waals surface area contributed by atoms with Crippen LogP contribution in [0.15, 0.2) is 108 Å². The van der Waals surface area contributed by atoms with Crippen LogP contribution in [0, 0.1) is 6.92 Å². The van der Waals surface area contributed by atoms with E-state index in [9.17, 15) is 4.79 Å². The maximum absolute atomic E-state index is 14.2. The van der Waals surface area contributed by atoms with E-state index in [0.717, 1.165) is 41.2 Å². The molecule has 3 aromatic carbocycles. The molecule has 0 saturated heterocycles. The summed E-state index contributed by atoms with van der Waals surface area (Å²) < 4.78 is 1.89. The highest BCUT2D eigenvalue weighted by Crippen LogP contribution is 2.30. The molecule has 0 N–H and O–H groups in total. The Morgan fingerprint density at radius 3 is 1.91 bits per heavy atom. The van der Waals surface area contributed by atoms with E-state index in [1.807, 2.05) is 54.0 Å². The number of hydrogen-bond donors (Lipinski definition) is 0. The second-order valence-corrected chi connectivity index (χ2v) is 9.09. The molecule has 0 aliphatic carbocycles. The third-order valence-corrected chi connectivity index (χ3v) is 6.87. The maximum Gasteiger partial charge on any atom is 0.259 e. The summed E-state index contributed by atoms with van der Waals surface area (Å²) in [6, 6.07) is 30.9. The summed E-state index contributed by atoms with van der Waals surface area (Å²) in [5.74, 6) is 0.757. The van der Waals surface area contributed by atoms with E-state index in [4.69, 9.17) is 4.98 Å². The molecule has 1 aliphatic rings. The summed E-state index contributed by atoms with van der Waals surface area (Å²) in [6.07, 6.45) is 5.09. The van der Waals surface area contributed by atoms with Gasteiger partial charge in [0, 0.05) is 19.5 Å². The van der Waals surface area contributed by atoms with Gasteiger partial charge in [0.1, 0.15) is 5.82 Å². The second kappa shape index (κ2) is 10.2. The number of rotatable bonds is 6. The first-order valence-corrected chi connectivity index (χ1v) is 12.3. The molecule has 0 fully saturated rings. The summed E-state index contributed by atoms with van der Waals surface area (Å²) in [4.78, 5) is 21.5. The highest BCUT2D eigenvalue weighted by molar-refractivity contribution is 5.35. The summed E-state index contributed by atoms with van der Waals surface area (Å²) in [6.45, 7) is 5.46. The Morgan fingerprint density at radius 1 is 0.829 bits per heavy atom. The highest BCUT2D eigenvalue weighted by atomic mass is 16.1. The summed E-state index contributed by atoms with van der Waals surface area (Å²) in [7, 11) is 0. The monoisotopic (exact) mass is 461 g/mol. The van der Waals surface area contributed by atoms with Gasteiger partial charge in [-0.2, -0.15) is 0 Å². The largest absolute Gasteiger partial charge is 0.288 e. The summed E-state index contributed by atoms with van der Waals surface area (Å²) >= 11 is 0. The topological polar surface area (TPSA) is 38.1 Å². The number of aromatic nitrogens is 2. The maximum atomic E-state index is 14.2. The van der Waals surface area contributed by atoms with Crippen LogP contribution in [0.25, 0.3) is 0 Å². The minimum atomic E-state index is -0.224. The van der Waals surface area contributed by atoms with Crippen molar-refractivity contribution in [3.8, 4) is 0 Å². The zero-order valence-corrected chi connectivity index (χ0v) is 20.3. The quantitative estimate of drug-likeness (QED) is 0.337. The molecule has 176 valence electrons. The predicted molar refractivity (Wildman–Crippen MR) is 141 cm³/mol. The number of benzene rings is 3. The van der Waals surface area contributed by atoms with Gasteiger partial charge < -0.3 is 0 Å². The van der Waals surface area contributed by atoms with Gasteiger partial charge in [-0.25, -0.2) is 4.98 Å². The van der Waals surface area contributed by atoms with Crippen LogP contribution >= 0.6 is 0 Å². The molecule has 5 rings (SSSR count). The molecule has 1 aliphatic heterocycles. The van der Waals surface area contributed by atoms with Crippen molar-refractivity contribution in [1.29, 1.82) is 0 Å². The van der Waals surface area contributed by atoms with Crippen LogP contribution in [0.2, 0.25) is 0 Å². The van der Waals surface area contributed by atoms with E-state index < -0.39 is 0 Å². The molecule has 1 atom stereocenters. The molecular formula is C31H31N3O. The van der Waals surface area contributed by atoms with Gasteiger partial charge in [-0.15, -0.1) is 0 Å². The summed E-state index contributed by atoms with van der Waals surface area (Å²) in [5, 5.41) is 0. The lowest BCUT2D eigenvalue weighted by atomic mass is 9.96. The number of nitrogens with zero attached hydrogens (tertiary/aromatic N) is 3. The predicted octanol–water partition coefficient (Wildman–Crippen LogP) is 5.86. The molecule has 0 amide bonds. The smallest absolute Gasteiger partial charge is 0.259 e. The first-order chi connectivity index (χ1) is 17.2. The molecule has 0 bridgehead atoms. The average molecular weight is 462 g/mol. The van der Waals surface area contributed by atoms with Crippen LogP contribution in [0.1, 0.15) is 52.8 Å². The van der Waals surface area contributed by atoms with Gasteiger partial charge in [0.05, 0.1) is 23.3 Å². The average Bonchev–Trinajstić information content (AvgIpc) is 2.91. The fraction of sp³-hybridized carbons (Fsp3) is 0.226. The Morgan fingerprint density at radius 2 is 1.37 bits per heavy atom. The van der Waals surface area contributed by atoms with Crippen LogP contribution in [0.3, 0.4) is 0 Å². The van der Waals surface area contributed by atoms with Gasteiger partial charge in [0.25, 0.3) is 5.56 Å². The second-order valence-electron chi connectivity index (χ2n) is 9.09. The van der Waals surface area contributed by atoms with Crippen LogP contribution in [0.4, 0.5) is 0 Å². The van der Waals surface area contributed by atoms with Gasteiger partial charge in [0.15, 0.2) is 0 Å². The van der Waals surface area contributed by atoms with Crippen molar-refractivity contribution < 1.29 is 0 Å². The molecule has 0 spiro atoms. The van der Waals surface area contributed by atoms with Crippen molar-refractivity contribution in [2.45, 2.75) is 38.9 Å². The van der Waals surface area contributed by atoms with Gasteiger partial charge in [0.2, 0.25) is 0 Å². The van der Waals surface area contributed by atoms with Gasteiger partial charge in [-0.1, -0.05) is 103 Å². The molecule has 4 nitrogen and oxygen atoms in total. The van der Waals surface area contributed by atoms with E-state index in [2.05, 4.69) is 72.5 Å². The van der Waals surface area contributed by atoms with Crippen molar-refractivity contribution in [2.24, 2.45) is 0 Å². The van der Waals surface area contributed by atoms with Crippen LogP contribution in [-0.2, 0) is 13.0 Å². The standard InChI is InChI=1S/C31H31N3O/c1-3-13-29(24-14-7-4-8-15-24)33-21-20-28-27(22-33)31(35)34(23(2)32-28)30(25-16-9-5-10-17-25)26-18-11-6-12-19-26/h3-19,29-30H,20-22H2,1-2H3/b13-3+. The van der Waals surface area contributed by atoms with Crippen molar-refractivity contribution in [1.82, 2.24) is 14.5 Å². The van der Waals surface area contributed by atoms with E-state index in [-0.39, 0.29) is 17.6 Å². The minimum Gasteiger partial charge on any atom is -0.288 e. The van der Waals surface area contributed by atoms with Gasteiger partial charge in [-0.05, 0) is 30.5 Å².